The zero-order valence-corrected chi connectivity index (χ0v) is 12.9. The van der Waals surface area contributed by atoms with E-state index in [0.717, 1.165) is 10.9 Å². The number of piperazine rings is 1. The van der Waals surface area contributed by atoms with Crippen LogP contribution in [0.5, 0.6) is 0 Å². The van der Waals surface area contributed by atoms with E-state index in [2.05, 4.69) is 10.3 Å². The normalized spacial score (nSPS) is 18.1. The van der Waals surface area contributed by atoms with Crippen LogP contribution in [-0.2, 0) is 0 Å². The molecule has 2 heterocycles. The molecule has 3 N–H and O–H groups in total. The number of hydrogen-bond acceptors (Lipinski definition) is 3. The third kappa shape index (κ3) is 3.25. The topological polar surface area (TPSA) is 51.3 Å². The number of hydrogen-bond donors (Lipinski definition) is 3. The summed E-state index contributed by atoms with van der Waals surface area (Å²) in [7, 11) is 0. The lowest BCUT2D eigenvalue weighted by atomic mass is 9.97. The molecule has 0 aliphatic carbocycles. The average molecular weight is 332 g/mol. The molecule has 1 aromatic carbocycles. The zero-order chi connectivity index (χ0) is 14.9. The van der Waals surface area contributed by atoms with Crippen molar-refractivity contribution in [3.05, 3.63) is 36.0 Å². The number of benzene rings is 1. The third-order valence-electron chi connectivity index (χ3n) is 4.02. The Morgan fingerprint density at radius 3 is 2.64 bits per heavy atom. The van der Waals surface area contributed by atoms with Gasteiger partial charge in [-0.1, -0.05) is 12.1 Å². The van der Waals surface area contributed by atoms with E-state index in [1.165, 1.54) is 0 Å². The first kappa shape index (κ1) is 17.1. The van der Waals surface area contributed by atoms with E-state index in [-0.39, 0.29) is 12.4 Å². The number of fused-ring (bicyclic) bond motifs is 1. The summed E-state index contributed by atoms with van der Waals surface area (Å²) in [6.45, 7) is 1.31. The predicted molar refractivity (Wildman–Crippen MR) is 84.8 cm³/mol. The van der Waals surface area contributed by atoms with Crippen molar-refractivity contribution in [2.24, 2.45) is 0 Å². The maximum absolute atomic E-state index is 14.3. The standard InChI is InChI=1S/C15H19F2N3O.ClH/c16-15(17,10-21)14(20-7-5-18-6-8-20)12-2-1-11-3-4-19-13(11)9-12;/h1-4,9,14,18-19,21H,5-8,10H2;1H/t14-;/m0./s1. The average Bonchev–Trinajstić information content (AvgIpc) is 2.96. The number of aliphatic hydroxyl groups excluding tert-OH is 1. The van der Waals surface area contributed by atoms with Crippen LogP contribution in [0.3, 0.4) is 0 Å². The van der Waals surface area contributed by atoms with Gasteiger partial charge in [0.1, 0.15) is 12.6 Å². The van der Waals surface area contributed by atoms with E-state index >= 15 is 0 Å². The number of alkyl halides is 2. The van der Waals surface area contributed by atoms with E-state index in [0.29, 0.717) is 31.7 Å². The molecule has 3 rings (SSSR count). The van der Waals surface area contributed by atoms with Gasteiger partial charge in [-0.05, 0) is 23.1 Å². The summed E-state index contributed by atoms with van der Waals surface area (Å²) >= 11 is 0. The van der Waals surface area contributed by atoms with Crippen LogP contribution >= 0.6 is 12.4 Å². The Morgan fingerprint density at radius 2 is 1.95 bits per heavy atom. The summed E-state index contributed by atoms with van der Waals surface area (Å²) in [6.07, 6.45) is 1.79. The number of aromatic nitrogens is 1. The highest BCUT2D eigenvalue weighted by Gasteiger charge is 2.44. The lowest BCUT2D eigenvalue weighted by molar-refractivity contribution is -0.118. The van der Waals surface area contributed by atoms with Gasteiger partial charge in [0.05, 0.1) is 0 Å². The number of aromatic amines is 1. The third-order valence-corrected chi connectivity index (χ3v) is 4.02. The Kier molecular flexibility index (Phi) is 5.39. The highest BCUT2D eigenvalue weighted by molar-refractivity contribution is 5.85. The van der Waals surface area contributed by atoms with Crippen LogP contribution in [0.25, 0.3) is 10.9 Å². The lowest BCUT2D eigenvalue weighted by Gasteiger charge is -2.38. The molecule has 2 aromatic rings. The summed E-state index contributed by atoms with van der Waals surface area (Å²) in [6, 6.07) is 6.13. The van der Waals surface area contributed by atoms with E-state index in [9.17, 15) is 8.78 Å². The minimum atomic E-state index is -3.17. The number of halogens is 3. The van der Waals surface area contributed by atoms with Crippen LogP contribution in [0.4, 0.5) is 8.78 Å². The van der Waals surface area contributed by atoms with Gasteiger partial charge in [0.25, 0.3) is 5.92 Å². The number of H-pyrrole nitrogens is 1. The Hall–Kier alpha value is -1.21. The first-order valence-corrected chi connectivity index (χ1v) is 7.12. The van der Waals surface area contributed by atoms with Crippen molar-refractivity contribution in [2.45, 2.75) is 12.0 Å². The van der Waals surface area contributed by atoms with Gasteiger partial charge in [0, 0.05) is 37.9 Å². The highest BCUT2D eigenvalue weighted by atomic mass is 35.5. The molecule has 1 aliphatic heterocycles. The maximum atomic E-state index is 14.3. The van der Waals surface area contributed by atoms with Gasteiger partial charge in [-0.25, -0.2) is 8.78 Å². The molecule has 4 nitrogen and oxygen atoms in total. The highest BCUT2D eigenvalue weighted by Crippen LogP contribution is 2.37. The van der Waals surface area contributed by atoms with Gasteiger partial charge < -0.3 is 15.4 Å². The fourth-order valence-electron chi connectivity index (χ4n) is 2.98. The molecule has 1 fully saturated rings. The second kappa shape index (κ2) is 6.91. The van der Waals surface area contributed by atoms with E-state index in [1.54, 1.807) is 23.2 Å². The second-order valence-electron chi connectivity index (χ2n) is 5.43. The van der Waals surface area contributed by atoms with Crippen molar-refractivity contribution in [2.75, 3.05) is 32.8 Å². The zero-order valence-electron chi connectivity index (χ0n) is 12.1. The molecule has 0 spiro atoms. The molecular weight excluding hydrogens is 312 g/mol. The molecule has 22 heavy (non-hydrogen) atoms. The minimum absolute atomic E-state index is 0. The van der Waals surface area contributed by atoms with Crippen molar-refractivity contribution < 1.29 is 13.9 Å². The summed E-state index contributed by atoms with van der Waals surface area (Å²) in [5, 5.41) is 13.3. The van der Waals surface area contributed by atoms with Crippen molar-refractivity contribution in [1.82, 2.24) is 15.2 Å². The molecule has 0 bridgehead atoms. The summed E-state index contributed by atoms with van der Waals surface area (Å²) in [5.41, 5.74) is 1.37. The molecular formula is C15H20ClF2N3O. The Balaban J connectivity index is 0.00000176. The Morgan fingerprint density at radius 1 is 1.23 bits per heavy atom. The number of aliphatic hydroxyl groups is 1. The van der Waals surface area contributed by atoms with E-state index in [1.807, 2.05) is 12.1 Å². The quantitative estimate of drug-likeness (QED) is 0.805. The number of rotatable bonds is 4. The molecule has 0 amide bonds. The molecule has 0 unspecified atom stereocenters. The summed E-state index contributed by atoms with van der Waals surface area (Å²) in [5.74, 6) is -3.17. The van der Waals surface area contributed by atoms with Crippen molar-refractivity contribution in [3.8, 4) is 0 Å². The minimum Gasteiger partial charge on any atom is -0.390 e. The van der Waals surface area contributed by atoms with Gasteiger partial charge in [-0.15, -0.1) is 12.4 Å². The fourth-order valence-corrected chi connectivity index (χ4v) is 2.98. The van der Waals surface area contributed by atoms with E-state index in [4.69, 9.17) is 5.11 Å². The van der Waals surface area contributed by atoms with Crippen molar-refractivity contribution in [3.63, 3.8) is 0 Å². The van der Waals surface area contributed by atoms with E-state index < -0.39 is 18.6 Å². The number of nitrogens with zero attached hydrogens (tertiary/aromatic N) is 1. The molecule has 0 saturated carbocycles. The molecule has 1 aliphatic rings. The van der Waals surface area contributed by atoms with Crippen molar-refractivity contribution >= 4 is 23.3 Å². The summed E-state index contributed by atoms with van der Waals surface area (Å²) < 4.78 is 28.6. The molecule has 0 radical (unpaired) electrons. The van der Waals surface area contributed by atoms with Crippen LogP contribution in [0, 0.1) is 0 Å². The van der Waals surface area contributed by atoms with Crippen LogP contribution < -0.4 is 5.32 Å². The Labute approximate surface area is 133 Å². The van der Waals surface area contributed by atoms with Gasteiger partial charge in [-0.3, -0.25) is 4.90 Å². The van der Waals surface area contributed by atoms with Crippen LogP contribution in [0.15, 0.2) is 30.5 Å². The predicted octanol–water partition coefficient (Wildman–Crippen LogP) is 2.16. The van der Waals surface area contributed by atoms with Crippen molar-refractivity contribution in [1.29, 1.82) is 0 Å². The summed E-state index contributed by atoms with van der Waals surface area (Å²) in [4.78, 5) is 4.80. The van der Waals surface area contributed by atoms with Gasteiger partial charge >= 0.3 is 0 Å². The Bertz CT molecular complexity index is 614. The van der Waals surface area contributed by atoms with Crippen LogP contribution in [0.2, 0.25) is 0 Å². The second-order valence-corrected chi connectivity index (χ2v) is 5.43. The number of nitrogens with one attached hydrogen (secondary N) is 2. The molecule has 1 atom stereocenters. The molecule has 1 saturated heterocycles. The van der Waals surface area contributed by atoms with Crippen LogP contribution in [0.1, 0.15) is 11.6 Å². The van der Waals surface area contributed by atoms with Gasteiger partial charge in [0.2, 0.25) is 0 Å². The first-order valence-electron chi connectivity index (χ1n) is 7.12. The van der Waals surface area contributed by atoms with Gasteiger partial charge in [-0.2, -0.15) is 0 Å². The SMILES string of the molecule is Cl.OCC(F)(F)[C@H](c1ccc2cc[nH]c2c1)N1CCNCC1. The molecule has 1 aromatic heterocycles. The monoisotopic (exact) mass is 331 g/mol. The first-order chi connectivity index (χ1) is 10.1. The van der Waals surface area contributed by atoms with Crippen LogP contribution in [-0.4, -0.2) is 53.7 Å². The maximum Gasteiger partial charge on any atom is 0.289 e. The molecule has 7 heteroatoms. The fraction of sp³-hybridized carbons (Fsp3) is 0.467. The van der Waals surface area contributed by atoms with Gasteiger partial charge in [0.15, 0.2) is 0 Å². The molecule has 122 valence electrons. The smallest absolute Gasteiger partial charge is 0.289 e. The lowest BCUT2D eigenvalue weighted by Crippen LogP contribution is -2.51. The largest absolute Gasteiger partial charge is 0.390 e.